The third-order valence-electron chi connectivity index (χ3n) is 4.65. The maximum atomic E-state index is 13.8. The molecule has 0 bridgehead atoms. The van der Waals surface area contributed by atoms with Gasteiger partial charge in [-0.05, 0) is 12.3 Å². The zero-order valence-corrected chi connectivity index (χ0v) is 18.4. The van der Waals surface area contributed by atoms with Crippen molar-refractivity contribution in [1.29, 1.82) is 0 Å². The zero-order valence-electron chi connectivity index (χ0n) is 18.4. The molecular formula is C17H13F17O4. The summed E-state index contributed by atoms with van der Waals surface area (Å²) in [4.78, 5) is 22.9. The SMILES string of the molecule is CC/C(C(=O)O)=C(\C(=O)OC(F)(F)C(F)(F)C(F)(F)C(F)(F)C(F)(F)C(F)(F)C(F)(F)C(F)(F)F)C(C)C. The molecule has 0 atom stereocenters. The van der Waals surface area contributed by atoms with Gasteiger partial charge in [0.05, 0.1) is 5.57 Å². The molecule has 1 N–H and O–H groups in total. The van der Waals surface area contributed by atoms with Gasteiger partial charge >= 0.3 is 59.8 Å². The Balaban J connectivity index is 6.90. The van der Waals surface area contributed by atoms with E-state index < -0.39 is 83.2 Å². The highest BCUT2D eigenvalue weighted by Crippen LogP contribution is 2.64. The number of carbonyl (C=O) groups is 2. The van der Waals surface area contributed by atoms with E-state index in [1.54, 1.807) is 0 Å². The molecule has 0 spiro atoms. The Hall–Kier alpha value is -2.51. The Bertz CT molecular complexity index is 947. The number of carbonyl (C=O) groups excluding carboxylic acids is 1. The summed E-state index contributed by atoms with van der Waals surface area (Å²) in [5.41, 5.74) is -2.67. The zero-order chi connectivity index (χ0) is 31.3. The van der Waals surface area contributed by atoms with Crippen molar-refractivity contribution < 1.29 is 94.1 Å². The molecule has 0 unspecified atom stereocenters. The topological polar surface area (TPSA) is 63.6 Å². The first-order valence-electron chi connectivity index (χ1n) is 9.26. The number of esters is 1. The molecule has 0 rings (SSSR count). The fourth-order valence-electron chi connectivity index (χ4n) is 2.55. The molecule has 0 fully saturated rings. The number of hydrogen-bond acceptors (Lipinski definition) is 3. The number of aliphatic carboxylic acids is 1. The predicted octanol–water partition coefficient (Wildman–Crippen LogP) is 6.94. The summed E-state index contributed by atoms with van der Waals surface area (Å²) >= 11 is 0. The molecule has 0 radical (unpaired) electrons. The molecule has 0 heterocycles. The van der Waals surface area contributed by atoms with E-state index in [0.717, 1.165) is 20.8 Å². The van der Waals surface area contributed by atoms with E-state index in [1.807, 2.05) is 0 Å². The second kappa shape index (κ2) is 9.91. The number of rotatable bonds is 11. The van der Waals surface area contributed by atoms with Crippen LogP contribution in [0.25, 0.3) is 0 Å². The van der Waals surface area contributed by atoms with Crippen LogP contribution in [-0.2, 0) is 14.3 Å². The standard InChI is InChI=1S/C17H13F17O4/c1-4-6(8(35)36)7(5(2)3)9(37)38-17(33,34)15(28,29)13(24,25)11(20,21)10(18,19)12(22,23)14(26,27)16(30,31)32/h5H,4H2,1-3H3,(H,35,36)/b7-6+. The molecule has 4 nitrogen and oxygen atoms in total. The van der Waals surface area contributed by atoms with E-state index in [-0.39, 0.29) is 0 Å². The lowest BCUT2D eigenvalue weighted by molar-refractivity contribution is -0.473. The van der Waals surface area contributed by atoms with Crippen LogP contribution in [0.3, 0.4) is 0 Å². The molecule has 0 aliphatic heterocycles. The fraction of sp³-hybridized carbons (Fsp3) is 0.765. The predicted molar refractivity (Wildman–Crippen MR) is 86.6 cm³/mol. The lowest BCUT2D eigenvalue weighted by Crippen LogP contribution is -2.74. The third-order valence-corrected chi connectivity index (χ3v) is 4.65. The molecule has 0 saturated carbocycles. The van der Waals surface area contributed by atoms with E-state index >= 15 is 0 Å². The Labute approximate surface area is 199 Å². The highest BCUT2D eigenvalue weighted by molar-refractivity contribution is 6.00. The lowest BCUT2D eigenvalue weighted by Gasteiger charge is -2.42. The Morgan fingerprint density at radius 1 is 0.632 bits per heavy atom. The highest BCUT2D eigenvalue weighted by Gasteiger charge is 2.96. The van der Waals surface area contributed by atoms with Crippen molar-refractivity contribution in [3.8, 4) is 0 Å². The Kier molecular flexibility index (Phi) is 9.25. The fourth-order valence-corrected chi connectivity index (χ4v) is 2.55. The number of alkyl halides is 17. The van der Waals surface area contributed by atoms with Crippen LogP contribution in [0.5, 0.6) is 0 Å². The summed E-state index contributed by atoms with van der Waals surface area (Å²) in [6.45, 7) is 2.52. The number of hydrogen-bond donors (Lipinski definition) is 1. The van der Waals surface area contributed by atoms with Crippen LogP contribution in [0, 0.1) is 5.92 Å². The molecule has 21 heteroatoms. The molecule has 0 aromatic carbocycles. The van der Waals surface area contributed by atoms with Gasteiger partial charge in [0.15, 0.2) is 0 Å². The number of carboxylic acid groups (broad SMARTS) is 1. The minimum absolute atomic E-state index is 0.775. The van der Waals surface area contributed by atoms with Gasteiger partial charge in [0, 0.05) is 5.57 Å². The van der Waals surface area contributed by atoms with Crippen LogP contribution < -0.4 is 0 Å². The Morgan fingerprint density at radius 3 is 1.21 bits per heavy atom. The normalized spacial score (nSPS) is 15.9. The van der Waals surface area contributed by atoms with Crippen molar-refractivity contribution >= 4 is 11.9 Å². The quantitative estimate of drug-likeness (QED) is 0.158. The maximum Gasteiger partial charge on any atom is 0.473 e. The van der Waals surface area contributed by atoms with E-state index in [4.69, 9.17) is 5.11 Å². The third kappa shape index (κ3) is 5.07. The first-order valence-corrected chi connectivity index (χ1v) is 9.26. The molecule has 0 aliphatic carbocycles. The van der Waals surface area contributed by atoms with Gasteiger partial charge in [0.1, 0.15) is 0 Å². The van der Waals surface area contributed by atoms with Gasteiger partial charge in [-0.3, -0.25) is 0 Å². The smallest absolute Gasteiger partial charge is 0.473 e. The van der Waals surface area contributed by atoms with E-state index in [2.05, 4.69) is 4.74 Å². The molecule has 224 valence electrons. The van der Waals surface area contributed by atoms with Gasteiger partial charge in [-0.2, -0.15) is 74.6 Å². The van der Waals surface area contributed by atoms with E-state index in [9.17, 15) is 84.2 Å². The number of halogens is 17. The van der Waals surface area contributed by atoms with Crippen LogP contribution in [0.15, 0.2) is 11.1 Å². The van der Waals surface area contributed by atoms with Crippen molar-refractivity contribution in [2.75, 3.05) is 0 Å². The molecule has 0 saturated heterocycles. The Morgan fingerprint density at radius 2 is 0.947 bits per heavy atom. The summed E-state index contributed by atoms with van der Waals surface area (Å²) < 4.78 is 228. The number of carboxylic acids is 1. The van der Waals surface area contributed by atoms with Crippen LogP contribution in [0.2, 0.25) is 0 Å². The first kappa shape index (κ1) is 35.5. The van der Waals surface area contributed by atoms with Crippen LogP contribution in [-0.4, -0.2) is 64.9 Å². The molecular weight excluding hydrogens is 591 g/mol. The number of ether oxygens (including phenoxy) is 1. The van der Waals surface area contributed by atoms with Gasteiger partial charge < -0.3 is 9.84 Å². The monoisotopic (exact) mass is 604 g/mol. The van der Waals surface area contributed by atoms with Gasteiger partial charge in [-0.25, -0.2) is 9.59 Å². The minimum atomic E-state index is -8.83. The first-order chi connectivity index (χ1) is 16.3. The van der Waals surface area contributed by atoms with Gasteiger partial charge in [0.25, 0.3) is 0 Å². The average molecular weight is 604 g/mol. The van der Waals surface area contributed by atoms with Gasteiger partial charge in [0.2, 0.25) is 0 Å². The molecule has 38 heavy (non-hydrogen) atoms. The van der Waals surface area contributed by atoms with Crippen LogP contribution in [0.4, 0.5) is 74.6 Å². The maximum absolute atomic E-state index is 13.8. The van der Waals surface area contributed by atoms with Crippen molar-refractivity contribution in [3.05, 3.63) is 11.1 Å². The second-order valence-electron chi connectivity index (χ2n) is 7.56. The largest absolute Gasteiger partial charge is 0.478 e. The molecule has 0 aromatic rings. The van der Waals surface area contributed by atoms with Crippen molar-refractivity contribution in [2.45, 2.75) is 75.0 Å². The summed E-state index contributed by atoms with van der Waals surface area (Å²) in [5, 5.41) is 8.91. The van der Waals surface area contributed by atoms with Crippen LogP contribution >= 0.6 is 0 Å². The molecule has 0 aliphatic rings. The van der Waals surface area contributed by atoms with Gasteiger partial charge in [-0.1, -0.05) is 20.8 Å². The second-order valence-corrected chi connectivity index (χ2v) is 7.56. The summed E-state index contributed by atoms with van der Waals surface area (Å²) in [6.07, 6.45) is -16.1. The van der Waals surface area contributed by atoms with Crippen molar-refractivity contribution in [2.24, 2.45) is 5.92 Å². The van der Waals surface area contributed by atoms with Crippen molar-refractivity contribution in [3.63, 3.8) is 0 Å². The minimum Gasteiger partial charge on any atom is -0.478 e. The van der Waals surface area contributed by atoms with E-state index in [0.29, 0.717) is 0 Å². The van der Waals surface area contributed by atoms with Gasteiger partial charge in [-0.15, -0.1) is 0 Å². The van der Waals surface area contributed by atoms with E-state index in [1.165, 1.54) is 0 Å². The lowest BCUT2D eigenvalue weighted by atomic mass is 9.90. The molecule has 0 amide bonds. The summed E-state index contributed by atoms with van der Waals surface area (Å²) in [5.74, 6) is -58.1. The summed E-state index contributed by atoms with van der Waals surface area (Å²) in [6, 6.07) is 0. The average Bonchev–Trinajstić information content (AvgIpc) is 2.68. The van der Waals surface area contributed by atoms with Crippen LogP contribution in [0.1, 0.15) is 27.2 Å². The highest BCUT2D eigenvalue weighted by atomic mass is 19.4. The van der Waals surface area contributed by atoms with Crippen molar-refractivity contribution in [1.82, 2.24) is 0 Å². The molecule has 0 aromatic heterocycles. The summed E-state index contributed by atoms with van der Waals surface area (Å²) in [7, 11) is 0.